The number of hydrogen-bond donors (Lipinski definition) is 1. The van der Waals surface area contributed by atoms with Gasteiger partial charge in [0, 0.05) is 44.9 Å². The highest BCUT2D eigenvalue weighted by Crippen LogP contribution is 2.25. The maximum atomic E-state index is 9.47. The van der Waals surface area contributed by atoms with Gasteiger partial charge in [0.1, 0.15) is 0 Å². The van der Waals surface area contributed by atoms with Gasteiger partial charge in [-0.25, -0.2) is 0 Å². The molecule has 1 aromatic carbocycles. The lowest BCUT2D eigenvalue weighted by Gasteiger charge is -2.45. The average molecular weight is 335 g/mol. The Morgan fingerprint density at radius 3 is 2.61 bits per heavy atom. The van der Waals surface area contributed by atoms with Crippen LogP contribution in [0.1, 0.15) is 24.8 Å². The van der Waals surface area contributed by atoms with Crippen molar-refractivity contribution >= 4 is 11.8 Å². The van der Waals surface area contributed by atoms with E-state index in [9.17, 15) is 5.11 Å². The Morgan fingerprint density at radius 1 is 1.09 bits per heavy atom. The van der Waals surface area contributed by atoms with E-state index in [1.807, 2.05) is 0 Å². The highest BCUT2D eigenvalue weighted by molar-refractivity contribution is 7.99. The van der Waals surface area contributed by atoms with Crippen LogP contribution in [0.5, 0.6) is 0 Å². The van der Waals surface area contributed by atoms with Gasteiger partial charge in [-0.05, 0) is 42.8 Å². The second-order valence-corrected chi connectivity index (χ2v) is 8.00. The molecule has 2 aliphatic heterocycles. The second kappa shape index (κ2) is 9.07. The summed E-state index contributed by atoms with van der Waals surface area (Å²) in [7, 11) is 0. The summed E-state index contributed by atoms with van der Waals surface area (Å²) in [5.74, 6) is 2.65. The molecular weight excluding hydrogens is 304 g/mol. The van der Waals surface area contributed by atoms with Crippen LogP contribution in [0.2, 0.25) is 0 Å². The van der Waals surface area contributed by atoms with Gasteiger partial charge in [0.25, 0.3) is 0 Å². The number of thioether (sulfide) groups is 1. The molecule has 128 valence electrons. The lowest BCUT2D eigenvalue weighted by molar-refractivity contribution is 0.0346. The highest BCUT2D eigenvalue weighted by atomic mass is 32.2. The van der Waals surface area contributed by atoms with Gasteiger partial charge < -0.3 is 5.11 Å². The molecule has 1 N–H and O–H groups in total. The number of hydrogen-bond acceptors (Lipinski definition) is 4. The molecule has 0 spiro atoms. The third-order valence-corrected chi connectivity index (χ3v) is 6.38. The summed E-state index contributed by atoms with van der Waals surface area (Å²) in [4.78, 5) is 5.32. The average Bonchev–Trinajstić information content (AvgIpc) is 2.62. The van der Waals surface area contributed by atoms with E-state index in [0.717, 1.165) is 38.5 Å². The predicted octanol–water partition coefficient (Wildman–Crippen LogP) is 2.49. The minimum Gasteiger partial charge on any atom is -0.396 e. The lowest BCUT2D eigenvalue weighted by Crippen LogP contribution is -2.56. The Bertz CT molecular complexity index is 450. The number of piperazine rings is 1. The molecule has 3 nitrogen and oxygen atoms in total. The monoisotopic (exact) mass is 334 g/mol. The molecule has 2 heterocycles. The highest BCUT2D eigenvalue weighted by Gasteiger charge is 2.30. The van der Waals surface area contributed by atoms with Crippen molar-refractivity contribution in [1.29, 1.82) is 0 Å². The predicted molar refractivity (Wildman–Crippen MR) is 99.1 cm³/mol. The van der Waals surface area contributed by atoms with Gasteiger partial charge in [-0.3, -0.25) is 9.80 Å². The van der Waals surface area contributed by atoms with Crippen LogP contribution in [0, 0.1) is 0 Å². The zero-order valence-electron chi connectivity index (χ0n) is 14.1. The van der Waals surface area contributed by atoms with Crippen molar-refractivity contribution in [2.24, 2.45) is 0 Å². The Balaban J connectivity index is 1.54. The van der Waals surface area contributed by atoms with Crippen molar-refractivity contribution in [3.63, 3.8) is 0 Å². The van der Waals surface area contributed by atoms with Gasteiger partial charge in [-0.1, -0.05) is 30.3 Å². The van der Waals surface area contributed by atoms with Gasteiger partial charge in [0.2, 0.25) is 0 Å². The van der Waals surface area contributed by atoms with Crippen LogP contribution in [0.3, 0.4) is 0 Å². The molecule has 1 atom stereocenters. The van der Waals surface area contributed by atoms with E-state index in [-0.39, 0.29) is 0 Å². The molecular formula is C19H30N2OS. The zero-order valence-corrected chi connectivity index (χ0v) is 14.9. The van der Waals surface area contributed by atoms with E-state index in [2.05, 4.69) is 51.9 Å². The van der Waals surface area contributed by atoms with Gasteiger partial charge in [0.05, 0.1) is 0 Å². The fourth-order valence-electron chi connectivity index (χ4n) is 3.93. The van der Waals surface area contributed by atoms with Crippen molar-refractivity contribution in [1.82, 2.24) is 9.80 Å². The van der Waals surface area contributed by atoms with Gasteiger partial charge in [-0.15, -0.1) is 0 Å². The van der Waals surface area contributed by atoms with Gasteiger partial charge >= 0.3 is 0 Å². The molecule has 3 rings (SSSR count). The van der Waals surface area contributed by atoms with Crippen LogP contribution in [0.25, 0.3) is 0 Å². The molecule has 4 heteroatoms. The van der Waals surface area contributed by atoms with Crippen LogP contribution in [-0.2, 0) is 6.42 Å². The molecule has 0 aromatic heterocycles. The van der Waals surface area contributed by atoms with E-state index < -0.39 is 0 Å². The van der Waals surface area contributed by atoms with Crippen LogP contribution in [-0.4, -0.2) is 71.3 Å². The fraction of sp³-hybridized carbons (Fsp3) is 0.684. The summed E-state index contributed by atoms with van der Waals surface area (Å²) in [5, 5.41) is 9.47. The summed E-state index contributed by atoms with van der Waals surface area (Å²) < 4.78 is 0. The van der Waals surface area contributed by atoms with Gasteiger partial charge in [-0.2, -0.15) is 11.8 Å². The lowest BCUT2D eigenvalue weighted by atomic mass is 10.0. The SMILES string of the molecule is OCCC1CN(C2CCSCC2)CCN1CCc1ccccc1. The summed E-state index contributed by atoms with van der Waals surface area (Å²) >= 11 is 2.10. The second-order valence-electron chi connectivity index (χ2n) is 6.78. The molecule has 0 saturated carbocycles. The zero-order chi connectivity index (χ0) is 15.9. The normalized spacial score (nSPS) is 24.8. The third-order valence-electron chi connectivity index (χ3n) is 5.34. The van der Waals surface area contributed by atoms with Crippen molar-refractivity contribution < 1.29 is 5.11 Å². The van der Waals surface area contributed by atoms with Crippen molar-refractivity contribution in [2.45, 2.75) is 37.8 Å². The smallest absolute Gasteiger partial charge is 0.0446 e. The largest absolute Gasteiger partial charge is 0.396 e. The maximum Gasteiger partial charge on any atom is 0.0446 e. The molecule has 1 unspecified atom stereocenters. The first-order valence-electron chi connectivity index (χ1n) is 9.07. The van der Waals surface area contributed by atoms with E-state index in [4.69, 9.17) is 0 Å². The summed E-state index contributed by atoms with van der Waals surface area (Å²) in [5.41, 5.74) is 1.42. The first-order chi connectivity index (χ1) is 11.4. The topological polar surface area (TPSA) is 26.7 Å². The Kier molecular flexibility index (Phi) is 6.81. The Morgan fingerprint density at radius 2 is 1.87 bits per heavy atom. The van der Waals surface area contributed by atoms with E-state index >= 15 is 0 Å². The summed E-state index contributed by atoms with van der Waals surface area (Å²) in [6.07, 6.45) is 4.72. The number of benzene rings is 1. The van der Waals surface area contributed by atoms with E-state index in [1.165, 1.54) is 36.5 Å². The number of aliphatic hydroxyl groups excluding tert-OH is 1. The Hall–Kier alpha value is -0.550. The molecule has 1 aromatic rings. The maximum absolute atomic E-state index is 9.47. The minimum atomic E-state index is 0.306. The molecule has 2 aliphatic rings. The first kappa shape index (κ1) is 17.3. The van der Waals surface area contributed by atoms with Crippen molar-refractivity contribution in [2.75, 3.05) is 44.3 Å². The fourth-order valence-corrected chi connectivity index (χ4v) is 5.02. The quantitative estimate of drug-likeness (QED) is 0.865. The summed E-state index contributed by atoms with van der Waals surface area (Å²) in [6.45, 7) is 4.92. The number of rotatable bonds is 6. The molecule has 23 heavy (non-hydrogen) atoms. The first-order valence-corrected chi connectivity index (χ1v) is 10.2. The minimum absolute atomic E-state index is 0.306. The standard InChI is InChI=1S/C19H30N2OS/c22-13-7-19-16-21(18-8-14-23-15-9-18)12-11-20(19)10-6-17-4-2-1-3-5-17/h1-5,18-19,22H,6-16H2. The summed E-state index contributed by atoms with van der Waals surface area (Å²) in [6, 6.07) is 12.1. The van der Waals surface area contributed by atoms with Gasteiger partial charge in [0.15, 0.2) is 0 Å². The molecule has 0 aliphatic carbocycles. The van der Waals surface area contributed by atoms with Crippen LogP contribution in [0.4, 0.5) is 0 Å². The number of nitrogens with zero attached hydrogens (tertiary/aromatic N) is 2. The van der Waals surface area contributed by atoms with E-state index in [1.54, 1.807) is 0 Å². The van der Waals surface area contributed by atoms with E-state index in [0.29, 0.717) is 12.6 Å². The van der Waals surface area contributed by atoms with Crippen LogP contribution in [0.15, 0.2) is 30.3 Å². The molecule has 2 fully saturated rings. The van der Waals surface area contributed by atoms with Crippen molar-refractivity contribution in [3.8, 4) is 0 Å². The molecule has 2 saturated heterocycles. The molecule has 0 amide bonds. The Labute approximate surface area is 145 Å². The molecule has 0 bridgehead atoms. The number of aliphatic hydroxyl groups is 1. The van der Waals surface area contributed by atoms with Crippen molar-refractivity contribution in [3.05, 3.63) is 35.9 Å². The molecule has 0 radical (unpaired) electrons. The van der Waals surface area contributed by atoms with Crippen LogP contribution < -0.4 is 0 Å². The third kappa shape index (κ3) is 4.96. The van der Waals surface area contributed by atoms with Crippen LogP contribution >= 0.6 is 11.8 Å².